The van der Waals surface area contributed by atoms with Crippen molar-refractivity contribution in [3.05, 3.63) is 0 Å². The van der Waals surface area contributed by atoms with Crippen molar-refractivity contribution in [2.45, 2.75) is 18.9 Å². The largest absolute Gasteiger partial charge is 0.327 e. The molecule has 0 saturated carbocycles. The molecule has 0 spiro atoms. The molecule has 1 heterocycles. The van der Waals surface area contributed by atoms with Crippen LogP contribution < -0.4 is 5.73 Å². The molecule has 1 fully saturated rings. The van der Waals surface area contributed by atoms with E-state index in [1.165, 1.54) is 24.3 Å². The zero-order chi connectivity index (χ0) is 7.85. The van der Waals surface area contributed by atoms with E-state index >= 15 is 0 Å². The molecule has 2 heteroatoms. The van der Waals surface area contributed by atoms with Crippen molar-refractivity contribution >= 4 is 9.16 Å². The van der Waals surface area contributed by atoms with Crippen molar-refractivity contribution in [3.8, 4) is 0 Å². The summed E-state index contributed by atoms with van der Waals surface area (Å²) in [7, 11) is -1.23. The predicted octanol–water partition coefficient (Wildman–Crippen LogP) is 1.07. The molecule has 64 valence electrons. The Morgan fingerprint density at radius 2 is 1.90 bits per heavy atom. The molecule has 1 unspecified atom stereocenters. The molecule has 0 amide bonds. The van der Waals surface area contributed by atoms with Gasteiger partial charge in [0.15, 0.2) is 0 Å². The summed E-state index contributed by atoms with van der Waals surface area (Å²) >= 11 is 0. The average molecular weight is 163 g/mol. The van der Waals surface area contributed by atoms with E-state index < -0.39 is 9.16 Å². The van der Waals surface area contributed by atoms with Crippen LogP contribution in [0.25, 0.3) is 0 Å². The Balaban J connectivity index is 2.63. The van der Waals surface area contributed by atoms with Crippen LogP contribution in [0.3, 0.4) is 0 Å². The van der Waals surface area contributed by atoms with Crippen LogP contribution >= 0.6 is 9.16 Å². The smallest absolute Gasteiger partial charge is 0.0102 e. The van der Waals surface area contributed by atoms with Gasteiger partial charge >= 0.3 is 0 Å². The van der Waals surface area contributed by atoms with Gasteiger partial charge in [-0.15, -0.1) is 0 Å². The summed E-state index contributed by atoms with van der Waals surface area (Å²) in [4.78, 5) is 0. The van der Waals surface area contributed by atoms with E-state index in [9.17, 15) is 0 Å². The van der Waals surface area contributed by atoms with Crippen molar-refractivity contribution < 1.29 is 0 Å². The molecule has 0 aromatic heterocycles. The maximum absolute atomic E-state index is 5.93. The van der Waals surface area contributed by atoms with E-state index in [0.29, 0.717) is 6.04 Å². The third-order valence-corrected chi connectivity index (χ3v) is 6.27. The monoisotopic (exact) mass is 163 g/mol. The highest BCUT2D eigenvalue weighted by Crippen LogP contribution is 2.62. The lowest BCUT2D eigenvalue weighted by atomic mass is 10.2. The average Bonchev–Trinajstić information content (AvgIpc) is 1.57. The van der Waals surface area contributed by atoms with Gasteiger partial charge < -0.3 is 5.73 Å². The molecule has 0 radical (unpaired) electrons. The third kappa shape index (κ3) is 2.17. The summed E-state index contributed by atoms with van der Waals surface area (Å²) in [5.74, 6) is 2.77. The second kappa shape index (κ2) is 2.15. The fourth-order valence-corrected chi connectivity index (χ4v) is 5.45. The Kier molecular flexibility index (Phi) is 1.80. The van der Waals surface area contributed by atoms with Crippen LogP contribution in [0.2, 0.25) is 0 Å². The summed E-state index contributed by atoms with van der Waals surface area (Å²) in [6.45, 7) is 0. The van der Waals surface area contributed by atoms with Crippen LogP contribution in [0.4, 0.5) is 0 Å². The van der Waals surface area contributed by atoms with E-state index in [1.54, 1.807) is 0 Å². The molecule has 1 nitrogen and oxygen atoms in total. The first kappa shape index (κ1) is 8.41. The minimum absolute atomic E-state index is 0.506. The van der Waals surface area contributed by atoms with Gasteiger partial charge in [-0.3, -0.25) is 9.16 Å². The summed E-state index contributed by atoms with van der Waals surface area (Å²) in [6.07, 6.45) is 10.0. The lowest BCUT2D eigenvalue weighted by Gasteiger charge is -2.56. The van der Waals surface area contributed by atoms with Gasteiger partial charge in [-0.2, -0.15) is 0 Å². The van der Waals surface area contributed by atoms with Crippen molar-refractivity contribution in [2.24, 2.45) is 5.73 Å². The van der Waals surface area contributed by atoms with Crippen LogP contribution in [-0.2, 0) is 0 Å². The molecule has 1 aliphatic rings. The second-order valence-electron chi connectivity index (χ2n) is 5.27. The molecular weight excluding hydrogens is 142 g/mol. The highest BCUT2D eigenvalue weighted by molar-refractivity contribution is 8.48. The first-order valence-corrected chi connectivity index (χ1v) is 8.07. The molecule has 1 rings (SSSR count). The fraction of sp³-hybridized carbons (Fsp3) is 1.00. The number of hydrogen-bond acceptors (Lipinski definition) is 1. The zero-order valence-electron chi connectivity index (χ0n) is 7.43. The van der Waals surface area contributed by atoms with Crippen molar-refractivity contribution in [3.63, 3.8) is 0 Å². The van der Waals surface area contributed by atoms with E-state index in [0.717, 1.165) is 0 Å². The molecule has 0 aromatic rings. The summed E-state index contributed by atoms with van der Waals surface area (Å²) in [5, 5.41) is 0. The maximum atomic E-state index is 5.93. The molecular formula is C8H21NS. The van der Waals surface area contributed by atoms with Crippen molar-refractivity contribution in [1.29, 1.82) is 0 Å². The number of rotatable bonds is 0. The van der Waals surface area contributed by atoms with Crippen LogP contribution in [0.5, 0.6) is 0 Å². The Bertz CT molecular complexity index is 134. The molecule has 1 atom stereocenters. The van der Waals surface area contributed by atoms with Crippen LogP contribution in [-0.4, -0.2) is 36.3 Å². The quantitative estimate of drug-likeness (QED) is 0.513. The Morgan fingerprint density at radius 1 is 1.30 bits per heavy atom. The molecule has 0 bridgehead atoms. The van der Waals surface area contributed by atoms with E-state index in [2.05, 4.69) is 18.8 Å². The molecule has 0 aliphatic carbocycles. The molecule has 1 aliphatic heterocycles. The SMILES string of the molecule is C[SH]1(C)(C)CCCC(N)C1. The topological polar surface area (TPSA) is 26.0 Å². The van der Waals surface area contributed by atoms with Crippen LogP contribution in [0.1, 0.15) is 12.8 Å². The lowest BCUT2D eigenvalue weighted by molar-refractivity contribution is 0.638. The molecule has 10 heavy (non-hydrogen) atoms. The van der Waals surface area contributed by atoms with Gasteiger partial charge in [0.25, 0.3) is 0 Å². The van der Waals surface area contributed by atoms with Gasteiger partial charge in [-0.05, 0) is 43.1 Å². The van der Waals surface area contributed by atoms with Crippen LogP contribution in [0.15, 0.2) is 0 Å². The number of nitrogens with two attached hydrogens (primary N) is 1. The Morgan fingerprint density at radius 3 is 2.20 bits per heavy atom. The van der Waals surface area contributed by atoms with E-state index in [-0.39, 0.29) is 0 Å². The first-order valence-electron chi connectivity index (χ1n) is 4.12. The van der Waals surface area contributed by atoms with E-state index in [4.69, 9.17) is 5.73 Å². The summed E-state index contributed by atoms with van der Waals surface area (Å²) in [5.41, 5.74) is 5.93. The molecule has 0 aromatic carbocycles. The van der Waals surface area contributed by atoms with Gasteiger partial charge in [0, 0.05) is 6.04 Å². The maximum Gasteiger partial charge on any atom is 0.0102 e. The second-order valence-corrected chi connectivity index (χ2v) is 13.0. The molecule has 1 saturated heterocycles. The highest BCUT2D eigenvalue weighted by atomic mass is 32.3. The first-order chi connectivity index (χ1) is 4.37. The highest BCUT2D eigenvalue weighted by Gasteiger charge is 2.31. The van der Waals surface area contributed by atoms with Crippen LogP contribution in [0, 0.1) is 0 Å². The van der Waals surface area contributed by atoms with Gasteiger partial charge in [0.05, 0.1) is 0 Å². The summed E-state index contributed by atoms with van der Waals surface area (Å²) in [6, 6.07) is 0.506. The zero-order valence-corrected chi connectivity index (χ0v) is 8.32. The minimum atomic E-state index is -1.23. The van der Waals surface area contributed by atoms with Gasteiger partial charge in [0.1, 0.15) is 0 Å². The predicted molar refractivity (Wildman–Crippen MR) is 53.7 cm³/mol. The lowest BCUT2D eigenvalue weighted by Crippen LogP contribution is -2.39. The summed E-state index contributed by atoms with van der Waals surface area (Å²) < 4.78 is 0. The Hall–Kier alpha value is 0.310. The number of hydrogen-bond donors (Lipinski definition) is 2. The normalized spacial score (nSPS) is 41.6. The standard InChI is InChI=1S/C8H21NS/c1-10(2,3)6-4-5-8(9)7-10/h8,10H,4-7,9H2,1-3H3. The van der Waals surface area contributed by atoms with Gasteiger partial charge in [0.2, 0.25) is 0 Å². The van der Waals surface area contributed by atoms with Crippen molar-refractivity contribution in [1.82, 2.24) is 0 Å². The molecule has 2 N–H and O–H groups in total. The van der Waals surface area contributed by atoms with Gasteiger partial charge in [-0.1, -0.05) is 0 Å². The fourth-order valence-electron chi connectivity index (χ4n) is 1.99. The minimum Gasteiger partial charge on any atom is -0.327 e. The van der Waals surface area contributed by atoms with E-state index in [1.807, 2.05) is 0 Å². The number of thiol groups is 1. The van der Waals surface area contributed by atoms with Crippen molar-refractivity contribution in [2.75, 3.05) is 30.3 Å². The Labute approximate surface area is 64.7 Å². The van der Waals surface area contributed by atoms with Gasteiger partial charge in [-0.25, -0.2) is 0 Å². The third-order valence-electron chi connectivity index (χ3n) is 2.47.